The molecule has 0 N–H and O–H groups in total. The maximum atomic E-state index is 11.7. The number of hydrogen-bond acceptors (Lipinski definition) is 5. The molecular weight excluding hydrogens is 302 g/mol. The fourth-order valence-corrected chi connectivity index (χ4v) is 3.74. The lowest BCUT2D eigenvalue weighted by Crippen LogP contribution is -2.14. The van der Waals surface area contributed by atoms with E-state index in [2.05, 4.69) is 17.1 Å². The zero-order chi connectivity index (χ0) is 15.6. The smallest absolute Gasteiger partial charge is 0.171 e. The van der Waals surface area contributed by atoms with Crippen molar-refractivity contribution in [3.05, 3.63) is 41.5 Å². The van der Waals surface area contributed by atoms with Crippen molar-refractivity contribution in [1.29, 1.82) is 0 Å². The summed E-state index contributed by atoms with van der Waals surface area (Å²) in [5.41, 5.74) is 1.14. The van der Waals surface area contributed by atoms with Gasteiger partial charge in [-0.2, -0.15) is 0 Å². The third-order valence-corrected chi connectivity index (χ3v) is 5.51. The van der Waals surface area contributed by atoms with E-state index in [0.29, 0.717) is 25.4 Å². The zero-order valence-corrected chi connectivity index (χ0v) is 13.3. The van der Waals surface area contributed by atoms with Crippen LogP contribution in [0.3, 0.4) is 0 Å². The summed E-state index contributed by atoms with van der Waals surface area (Å²) in [7, 11) is -2.98. The van der Waals surface area contributed by atoms with Crippen molar-refractivity contribution in [3.63, 3.8) is 0 Å². The Morgan fingerprint density at radius 3 is 2.86 bits per heavy atom. The summed E-state index contributed by atoms with van der Waals surface area (Å²) in [4.78, 5) is 0. The quantitative estimate of drug-likeness (QED) is 0.851. The van der Waals surface area contributed by atoms with Crippen molar-refractivity contribution >= 4 is 9.84 Å². The molecule has 0 unspecified atom stereocenters. The van der Waals surface area contributed by atoms with Crippen LogP contribution >= 0.6 is 0 Å². The Hall–Kier alpha value is -1.89. The number of aryl methyl sites for hydroxylation is 2. The molecule has 3 rings (SSSR count). The first kappa shape index (κ1) is 15.0. The van der Waals surface area contributed by atoms with Crippen LogP contribution in [0.2, 0.25) is 0 Å². The summed E-state index contributed by atoms with van der Waals surface area (Å²) in [5.74, 6) is 2.52. The Morgan fingerprint density at radius 1 is 1.23 bits per heavy atom. The number of hydrogen-bond donors (Lipinski definition) is 0. The summed E-state index contributed by atoms with van der Waals surface area (Å²) in [6.07, 6.45) is 1.31. The minimum atomic E-state index is -2.98. The number of nitrogens with zero attached hydrogens (tertiary/aromatic N) is 3. The van der Waals surface area contributed by atoms with Crippen LogP contribution in [0.1, 0.15) is 24.1 Å². The van der Waals surface area contributed by atoms with Gasteiger partial charge in [0.25, 0.3) is 0 Å². The molecule has 0 atom stereocenters. The van der Waals surface area contributed by atoms with Crippen LogP contribution in [0.25, 0.3) is 0 Å². The molecule has 1 aliphatic heterocycles. The van der Waals surface area contributed by atoms with Crippen LogP contribution < -0.4 is 4.74 Å². The Kier molecular flexibility index (Phi) is 4.15. The standard InChI is InChI=1S/C15H19N3O3S/c1-2-12-5-3-4-6-13(12)21-11-15-17-16-14-7-9-22(19,20)10-8-18(14)15/h3-6H,2,7-11H2,1H3. The summed E-state index contributed by atoms with van der Waals surface area (Å²) in [6, 6.07) is 7.89. The van der Waals surface area contributed by atoms with E-state index in [-0.39, 0.29) is 11.5 Å². The maximum Gasteiger partial charge on any atom is 0.171 e. The van der Waals surface area contributed by atoms with E-state index in [4.69, 9.17) is 4.74 Å². The van der Waals surface area contributed by atoms with Crippen LogP contribution in [0.15, 0.2) is 24.3 Å². The second kappa shape index (κ2) is 6.08. The summed E-state index contributed by atoms with van der Waals surface area (Å²) in [5, 5.41) is 8.26. The third kappa shape index (κ3) is 3.14. The fourth-order valence-electron chi connectivity index (χ4n) is 2.58. The van der Waals surface area contributed by atoms with Crippen molar-refractivity contribution in [2.45, 2.75) is 32.9 Å². The minimum Gasteiger partial charge on any atom is -0.485 e. The number of aromatic nitrogens is 3. The topological polar surface area (TPSA) is 74.1 Å². The van der Waals surface area contributed by atoms with E-state index in [1.54, 1.807) is 0 Å². The van der Waals surface area contributed by atoms with E-state index in [1.807, 2.05) is 28.8 Å². The molecule has 22 heavy (non-hydrogen) atoms. The van der Waals surface area contributed by atoms with Gasteiger partial charge in [0.15, 0.2) is 15.7 Å². The predicted octanol–water partition coefficient (Wildman–Crippen LogP) is 1.39. The molecule has 1 aromatic carbocycles. The number of rotatable bonds is 4. The first-order valence-corrected chi connectivity index (χ1v) is 9.23. The van der Waals surface area contributed by atoms with Crippen LogP contribution in [0, 0.1) is 0 Å². The van der Waals surface area contributed by atoms with E-state index < -0.39 is 9.84 Å². The molecule has 2 aromatic rings. The molecule has 0 spiro atoms. The molecule has 0 amide bonds. The van der Waals surface area contributed by atoms with Crippen LogP contribution in [-0.2, 0) is 35.8 Å². The first-order valence-electron chi connectivity index (χ1n) is 7.41. The lowest BCUT2D eigenvalue weighted by molar-refractivity contribution is 0.286. The van der Waals surface area contributed by atoms with Gasteiger partial charge in [0.1, 0.15) is 18.2 Å². The molecule has 6 nitrogen and oxygen atoms in total. The lowest BCUT2D eigenvalue weighted by atomic mass is 10.1. The molecule has 2 heterocycles. The largest absolute Gasteiger partial charge is 0.485 e. The number of benzene rings is 1. The number of fused-ring (bicyclic) bond motifs is 1. The highest BCUT2D eigenvalue weighted by Crippen LogP contribution is 2.20. The SMILES string of the molecule is CCc1ccccc1OCc1nnc2n1CCS(=O)(=O)CC2. The van der Waals surface area contributed by atoms with Gasteiger partial charge >= 0.3 is 0 Å². The lowest BCUT2D eigenvalue weighted by Gasteiger charge is -2.11. The Labute approximate surface area is 130 Å². The van der Waals surface area contributed by atoms with Crippen molar-refractivity contribution in [3.8, 4) is 5.75 Å². The number of ether oxygens (including phenoxy) is 1. The van der Waals surface area contributed by atoms with Crippen molar-refractivity contribution in [2.75, 3.05) is 11.5 Å². The molecule has 0 saturated carbocycles. The number of sulfone groups is 1. The molecule has 0 saturated heterocycles. The second-order valence-corrected chi connectivity index (χ2v) is 7.64. The van der Waals surface area contributed by atoms with Gasteiger partial charge in [-0.25, -0.2) is 8.42 Å². The third-order valence-electron chi connectivity index (χ3n) is 3.88. The van der Waals surface area contributed by atoms with Crippen molar-refractivity contribution in [1.82, 2.24) is 14.8 Å². The molecule has 118 valence electrons. The van der Waals surface area contributed by atoms with Gasteiger partial charge < -0.3 is 9.30 Å². The highest BCUT2D eigenvalue weighted by Gasteiger charge is 2.22. The maximum absolute atomic E-state index is 11.7. The van der Waals surface area contributed by atoms with E-state index in [0.717, 1.165) is 23.6 Å². The average molecular weight is 321 g/mol. The molecule has 1 aliphatic rings. The fraction of sp³-hybridized carbons (Fsp3) is 0.467. The van der Waals surface area contributed by atoms with Crippen molar-refractivity contribution in [2.24, 2.45) is 0 Å². The molecule has 0 aliphatic carbocycles. The molecule has 0 fully saturated rings. The van der Waals surface area contributed by atoms with Gasteiger partial charge in [-0.15, -0.1) is 10.2 Å². The van der Waals surface area contributed by atoms with Gasteiger partial charge in [0.05, 0.1) is 11.5 Å². The highest BCUT2D eigenvalue weighted by atomic mass is 32.2. The highest BCUT2D eigenvalue weighted by molar-refractivity contribution is 7.91. The normalized spacial score (nSPS) is 16.8. The Morgan fingerprint density at radius 2 is 2.05 bits per heavy atom. The summed E-state index contributed by atoms with van der Waals surface area (Å²) >= 11 is 0. The van der Waals surface area contributed by atoms with Gasteiger partial charge in [-0.1, -0.05) is 25.1 Å². The molecule has 7 heteroatoms. The average Bonchev–Trinajstić information content (AvgIpc) is 2.84. The summed E-state index contributed by atoms with van der Waals surface area (Å²) in [6.45, 7) is 2.78. The molecule has 0 bridgehead atoms. The first-order chi connectivity index (χ1) is 10.6. The van der Waals surface area contributed by atoms with E-state index >= 15 is 0 Å². The molecule has 1 aromatic heterocycles. The molecule has 0 radical (unpaired) electrons. The van der Waals surface area contributed by atoms with E-state index in [9.17, 15) is 8.42 Å². The Balaban J connectivity index is 1.76. The second-order valence-electron chi connectivity index (χ2n) is 5.34. The Bertz CT molecular complexity index is 768. The number of para-hydroxylation sites is 1. The van der Waals surface area contributed by atoms with Gasteiger partial charge in [-0.05, 0) is 18.1 Å². The van der Waals surface area contributed by atoms with Gasteiger partial charge in [0.2, 0.25) is 0 Å². The van der Waals surface area contributed by atoms with E-state index in [1.165, 1.54) is 0 Å². The van der Waals surface area contributed by atoms with Crippen LogP contribution in [0.5, 0.6) is 5.75 Å². The summed E-state index contributed by atoms with van der Waals surface area (Å²) < 4.78 is 31.2. The minimum absolute atomic E-state index is 0.136. The van der Waals surface area contributed by atoms with Gasteiger partial charge in [0, 0.05) is 13.0 Å². The predicted molar refractivity (Wildman–Crippen MR) is 82.5 cm³/mol. The zero-order valence-electron chi connectivity index (χ0n) is 12.5. The van der Waals surface area contributed by atoms with Crippen LogP contribution in [-0.4, -0.2) is 34.7 Å². The van der Waals surface area contributed by atoms with Crippen molar-refractivity contribution < 1.29 is 13.2 Å². The molecular formula is C15H19N3O3S. The van der Waals surface area contributed by atoms with Gasteiger partial charge in [-0.3, -0.25) is 0 Å². The van der Waals surface area contributed by atoms with Crippen LogP contribution in [0.4, 0.5) is 0 Å². The monoisotopic (exact) mass is 321 g/mol.